The van der Waals surface area contributed by atoms with Crippen LogP contribution in [0.15, 0.2) is 18.5 Å². The molecule has 0 aliphatic rings. The lowest BCUT2D eigenvalue weighted by Crippen LogP contribution is -2.06. The van der Waals surface area contributed by atoms with Crippen molar-refractivity contribution in [1.82, 2.24) is 19.7 Å². The third-order valence-electron chi connectivity index (χ3n) is 2.48. The maximum atomic E-state index is 12.2. The van der Waals surface area contributed by atoms with Gasteiger partial charge in [0, 0.05) is 18.0 Å². The second kappa shape index (κ2) is 5.73. The molecule has 0 unspecified atom stereocenters. The first-order valence-electron chi connectivity index (χ1n) is 5.99. The van der Waals surface area contributed by atoms with Crippen LogP contribution in [0.25, 0.3) is 0 Å². The van der Waals surface area contributed by atoms with E-state index in [1.807, 2.05) is 19.9 Å². The third kappa shape index (κ3) is 3.70. The average molecular weight is 267 g/mol. The molecule has 0 aliphatic carbocycles. The molecule has 0 spiro atoms. The molecule has 0 bridgehead atoms. The van der Waals surface area contributed by atoms with Crippen molar-refractivity contribution in [1.29, 1.82) is 0 Å². The fourth-order valence-electron chi connectivity index (χ4n) is 1.69. The van der Waals surface area contributed by atoms with Gasteiger partial charge in [-0.2, -0.15) is 5.10 Å². The van der Waals surface area contributed by atoms with Crippen LogP contribution in [0.2, 0.25) is 0 Å². The molecule has 19 heavy (non-hydrogen) atoms. The fraction of sp³-hybridized carbons (Fsp3) is 0.417. The number of aromatic nitrogens is 4. The van der Waals surface area contributed by atoms with E-state index in [1.165, 1.54) is 17.1 Å². The molecule has 0 amide bonds. The van der Waals surface area contributed by atoms with E-state index >= 15 is 0 Å². The van der Waals surface area contributed by atoms with E-state index in [0.29, 0.717) is 17.3 Å². The highest BCUT2D eigenvalue weighted by molar-refractivity contribution is 5.54. The summed E-state index contributed by atoms with van der Waals surface area (Å²) in [5.41, 5.74) is 1.55. The molecule has 1 N–H and O–H groups in total. The summed E-state index contributed by atoms with van der Waals surface area (Å²) in [5, 5.41) is 6.88. The van der Waals surface area contributed by atoms with Gasteiger partial charge in [-0.25, -0.2) is 18.7 Å². The Labute approximate surface area is 109 Å². The first-order valence-corrected chi connectivity index (χ1v) is 5.99. The van der Waals surface area contributed by atoms with E-state index in [4.69, 9.17) is 0 Å². The van der Waals surface area contributed by atoms with Gasteiger partial charge in [-0.1, -0.05) is 6.92 Å². The zero-order valence-corrected chi connectivity index (χ0v) is 10.8. The van der Waals surface area contributed by atoms with Crippen LogP contribution in [0.1, 0.15) is 18.4 Å². The second-order valence-corrected chi connectivity index (χ2v) is 4.11. The highest BCUT2D eigenvalue weighted by Gasteiger charge is 2.07. The normalized spacial score (nSPS) is 11.0. The maximum absolute atomic E-state index is 12.2. The van der Waals surface area contributed by atoms with Crippen LogP contribution in [0.5, 0.6) is 0 Å². The van der Waals surface area contributed by atoms with Gasteiger partial charge in [-0.05, 0) is 13.3 Å². The lowest BCUT2D eigenvalue weighted by Gasteiger charge is -2.05. The average Bonchev–Trinajstić information content (AvgIpc) is 2.74. The highest BCUT2D eigenvalue weighted by Crippen LogP contribution is 2.15. The molecule has 0 saturated carbocycles. The Hall–Kier alpha value is -2.05. The van der Waals surface area contributed by atoms with Crippen molar-refractivity contribution in [2.75, 3.05) is 5.32 Å². The molecule has 102 valence electrons. The molecule has 2 aromatic rings. The van der Waals surface area contributed by atoms with Crippen LogP contribution in [0.3, 0.4) is 0 Å². The van der Waals surface area contributed by atoms with Gasteiger partial charge < -0.3 is 5.32 Å². The first-order chi connectivity index (χ1) is 9.06. The van der Waals surface area contributed by atoms with Crippen LogP contribution >= 0.6 is 0 Å². The molecular formula is C12H15F2N5. The predicted molar refractivity (Wildman–Crippen MR) is 67.7 cm³/mol. The number of alkyl halides is 2. The van der Waals surface area contributed by atoms with Crippen molar-refractivity contribution in [2.45, 2.75) is 33.2 Å². The van der Waals surface area contributed by atoms with Crippen LogP contribution in [-0.2, 0) is 13.0 Å². The molecule has 2 aromatic heterocycles. The van der Waals surface area contributed by atoms with Crippen molar-refractivity contribution < 1.29 is 8.78 Å². The number of hydrogen-bond acceptors (Lipinski definition) is 4. The molecule has 2 heterocycles. The highest BCUT2D eigenvalue weighted by atomic mass is 19.3. The summed E-state index contributed by atoms with van der Waals surface area (Å²) < 4.78 is 25.6. The van der Waals surface area contributed by atoms with E-state index in [1.54, 1.807) is 0 Å². The Morgan fingerprint density at radius 1 is 1.37 bits per heavy atom. The lowest BCUT2D eigenvalue weighted by molar-refractivity contribution is 0.122. The molecule has 0 radical (unpaired) electrons. The summed E-state index contributed by atoms with van der Waals surface area (Å²) in [6.45, 7) is 3.40. The van der Waals surface area contributed by atoms with E-state index in [2.05, 4.69) is 20.4 Å². The van der Waals surface area contributed by atoms with E-state index in [-0.39, 0.29) is 0 Å². The summed E-state index contributed by atoms with van der Waals surface area (Å²) in [6, 6.07) is 1.83. The zero-order valence-electron chi connectivity index (χ0n) is 10.8. The smallest absolute Gasteiger partial charge is 0.257 e. The SMILES string of the molecule is CCc1cc(Nc2cnn(CC(F)F)c2)nc(C)n1. The molecule has 5 nitrogen and oxygen atoms in total. The van der Waals surface area contributed by atoms with Gasteiger partial charge in [0.1, 0.15) is 18.2 Å². The van der Waals surface area contributed by atoms with Crippen molar-refractivity contribution in [3.8, 4) is 0 Å². The van der Waals surface area contributed by atoms with Gasteiger partial charge >= 0.3 is 0 Å². The van der Waals surface area contributed by atoms with E-state index in [9.17, 15) is 8.78 Å². The summed E-state index contributed by atoms with van der Waals surface area (Å²) >= 11 is 0. The number of nitrogens with one attached hydrogen (secondary N) is 1. The topological polar surface area (TPSA) is 55.6 Å². The third-order valence-corrected chi connectivity index (χ3v) is 2.48. The maximum Gasteiger partial charge on any atom is 0.257 e. The first kappa shape index (κ1) is 13.4. The van der Waals surface area contributed by atoms with E-state index in [0.717, 1.165) is 12.1 Å². The van der Waals surface area contributed by atoms with Gasteiger partial charge in [-0.3, -0.25) is 4.68 Å². The molecule has 0 fully saturated rings. The van der Waals surface area contributed by atoms with Gasteiger partial charge in [0.15, 0.2) is 0 Å². The van der Waals surface area contributed by atoms with Crippen molar-refractivity contribution in [3.63, 3.8) is 0 Å². The van der Waals surface area contributed by atoms with Crippen molar-refractivity contribution >= 4 is 11.5 Å². The van der Waals surface area contributed by atoms with E-state index < -0.39 is 13.0 Å². The number of anilines is 2. The Morgan fingerprint density at radius 2 is 2.16 bits per heavy atom. The van der Waals surface area contributed by atoms with Gasteiger partial charge in [0.25, 0.3) is 6.43 Å². The van der Waals surface area contributed by atoms with Gasteiger partial charge in [0.2, 0.25) is 0 Å². The second-order valence-electron chi connectivity index (χ2n) is 4.11. The van der Waals surface area contributed by atoms with Crippen LogP contribution in [-0.4, -0.2) is 26.2 Å². The van der Waals surface area contributed by atoms with Crippen LogP contribution in [0, 0.1) is 6.92 Å². The quantitative estimate of drug-likeness (QED) is 0.904. The number of nitrogens with zero attached hydrogens (tertiary/aromatic N) is 4. The molecule has 0 atom stereocenters. The van der Waals surface area contributed by atoms with Gasteiger partial charge in [0.05, 0.1) is 11.9 Å². The Morgan fingerprint density at radius 3 is 2.84 bits per heavy atom. The predicted octanol–water partition coefficient (Wildman–Crippen LogP) is 2.55. The van der Waals surface area contributed by atoms with Crippen LogP contribution in [0.4, 0.5) is 20.3 Å². The number of rotatable bonds is 5. The summed E-state index contributed by atoms with van der Waals surface area (Å²) in [6.07, 6.45) is 1.41. The van der Waals surface area contributed by atoms with Crippen molar-refractivity contribution in [2.24, 2.45) is 0 Å². The molecule has 0 saturated heterocycles. The van der Waals surface area contributed by atoms with Crippen LogP contribution < -0.4 is 5.32 Å². The Bertz CT molecular complexity index is 553. The zero-order chi connectivity index (χ0) is 13.8. The molecule has 2 rings (SSSR count). The Kier molecular flexibility index (Phi) is 4.03. The van der Waals surface area contributed by atoms with Crippen molar-refractivity contribution in [3.05, 3.63) is 30.0 Å². The summed E-state index contributed by atoms with van der Waals surface area (Å²) in [7, 11) is 0. The number of hydrogen-bond donors (Lipinski definition) is 1. The minimum Gasteiger partial charge on any atom is -0.338 e. The minimum atomic E-state index is -2.42. The number of halogens is 2. The fourth-order valence-corrected chi connectivity index (χ4v) is 1.69. The molecular weight excluding hydrogens is 252 g/mol. The number of aryl methyl sites for hydroxylation is 2. The van der Waals surface area contributed by atoms with Gasteiger partial charge in [-0.15, -0.1) is 0 Å². The largest absolute Gasteiger partial charge is 0.338 e. The minimum absolute atomic E-state index is 0.412. The lowest BCUT2D eigenvalue weighted by atomic mass is 10.3. The summed E-state index contributed by atoms with van der Waals surface area (Å²) in [4.78, 5) is 8.51. The molecule has 7 heteroatoms. The molecule has 0 aliphatic heterocycles. The molecule has 0 aromatic carbocycles. The summed E-state index contributed by atoms with van der Waals surface area (Å²) in [5.74, 6) is 1.31. The standard InChI is InChI=1S/C12H15F2N5/c1-3-9-4-12(17-8(2)16-9)18-10-5-15-19(6-10)7-11(13)14/h4-6,11H,3,7H2,1-2H3,(H,16,17,18). The monoisotopic (exact) mass is 267 g/mol. The Balaban J connectivity index is 2.12.